The second kappa shape index (κ2) is 7.04. The van der Waals surface area contributed by atoms with E-state index in [-0.39, 0.29) is 17.8 Å². The van der Waals surface area contributed by atoms with Crippen molar-refractivity contribution in [2.75, 3.05) is 11.9 Å². The number of anilines is 1. The Morgan fingerprint density at radius 3 is 2.60 bits per heavy atom. The Morgan fingerprint density at radius 2 is 1.96 bits per heavy atom. The van der Waals surface area contributed by atoms with Gasteiger partial charge in [-0.25, -0.2) is 0 Å². The highest BCUT2D eigenvalue weighted by molar-refractivity contribution is 5.95. The van der Waals surface area contributed by atoms with Crippen LogP contribution >= 0.6 is 0 Å². The third-order valence-electron chi connectivity index (χ3n) is 4.44. The predicted molar refractivity (Wildman–Crippen MR) is 92.9 cm³/mol. The van der Waals surface area contributed by atoms with Crippen molar-refractivity contribution < 1.29 is 14.0 Å². The van der Waals surface area contributed by atoms with E-state index in [4.69, 9.17) is 4.42 Å². The summed E-state index contributed by atoms with van der Waals surface area (Å²) in [6.45, 7) is 6.33. The molecule has 132 valence electrons. The van der Waals surface area contributed by atoms with E-state index < -0.39 is 6.04 Å². The number of likely N-dealkylation sites (tertiary alicyclic amines) is 1. The molecule has 0 spiro atoms. The van der Waals surface area contributed by atoms with Crippen LogP contribution in [-0.4, -0.2) is 39.5 Å². The van der Waals surface area contributed by atoms with E-state index in [0.29, 0.717) is 24.8 Å². The second-order valence-electron chi connectivity index (χ2n) is 6.55. The van der Waals surface area contributed by atoms with Gasteiger partial charge in [0, 0.05) is 19.0 Å². The quantitative estimate of drug-likeness (QED) is 0.923. The van der Waals surface area contributed by atoms with Crippen LogP contribution in [0.25, 0.3) is 11.5 Å². The van der Waals surface area contributed by atoms with Gasteiger partial charge in [-0.1, -0.05) is 31.1 Å². The fourth-order valence-electron chi connectivity index (χ4n) is 3.01. The third kappa shape index (κ3) is 3.70. The summed E-state index contributed by atoms with van der Waals surface area (Å²) in [5.41, 5.74) is 2.02. The first-order valence-corrected chi connectivity index (χ1v) is 8.47. The SMILES string of the molecule is CC(=O)N1CCCC1C(=O)Nc1nnc(-c2ccc(C(C)C)cc2)o1. The molecule has 0 bridgehead atoms. The molecule has 1 unspecified atom stereocenters. The number of hydrogen-bond donors (Lipinski definition) is 1. The molecule has 1 atom stereocenters. The minimum absolute atomic E-state index is 0.0448. The number of nitrogens with one attached hydrogen (secondary N) is 1. The smallest absolute Gasteiger partial charge is 0.322 e. The molecule has 7 nitrogen and oxygen atoms in total. The lowest BCUT2D eigenvalue weighted by Gasteiger charge is -2.21. The Morgan fingerprint density at radius 1 is 1.24 bits per heavy atom. The number of aromatic nitrogens is 2. The van der Waals surface area contributed by atoms with Crippen molar-refractivity contribution >= 4 is 17.8 Å². The molecule has 2 heterocycles. The first-order valence-electron chi connectivity index (χ1n) is 8.47. The number of hydrogen-bond acceptors (Lipinski definition) is 5. The van der Waals surface area contributed by atoms with Gasteiger partial charge in [0.25, 0.3) is 5.91 Å². The highest BCUT2D eigenvalue weighted by Crippen LogP contribution is 2.24. The number of carbonyl (C=O) groups is 2. The van der Waals surface area contributed by atoms with Crippen LogP contribution in [0.3, 0.4) is 0 Å². The number of nitrogens with zero attached hydrogens (tertiary/aromatic N) is 3. The van der Waals surface area contributed by atoms with Crippen molar-refractivity contribution in [2.45, 2.75) is 45.6 Å². The molecule has 25 heavy (non-hydrogen) atoms. The Hall–Kier alpha value is -2.70. The summed E-state index contributed by atoms with van der Waals surface area (Å²) in [5.74, 6) is 0.398. The van der Waals surface area contributed by atoms with Gasteiger partial charge in [0.2, 0.25) is 11.8 Å². The minimum Gasteiger partial charge on any atom is -0.403 e. The van der Waals surface area contributed by atoms with Gasteiger partial charge in [-0.3, -0.25) is 14.9 Å². The molecule has 2 aromatic rings. The topological polar surface area (TPSA) is 88.3 Å². The van der Waals surface area contributed by atoms with Gasteiger partial charge < -0.3 is 9.32 Å². The molecule has 7 heteroatoms. The highest BCUT2D eigenvalue weighted by Gasteiger charge is 2.33. The van der Waals surface area contributed by atoms with Crippen LogP contribution in [0.1, 0.15) is 45.1 Å². The van der Waals surface area contributed by atoms with E-state index in [9.17, 15) is 9.59 Å². The minimum atomic E-state index is -0.474. The molecule has 0 saturated carbocycles. The zero-order valence-electron chi connectivity index (χ0n) is 14.7. The van der Waals surface area contributed by atoms with Crippen molar-refractivity contribution in [3.05, 3.63) is 29.8 Å². The van der Waals surface area contributed by atoms with Crippen LogP contribution in [0.15, 0.2) is 28.7 Å². The van der Waals surface area contributed by atoms with Crippen molar-refractivity contribution in [1.29, 1.82) is 0 Å². The number of benzene rings is 1. The maximum atomic E-state index is 12.4. The molecule has 0 aliphatic carbocycles. The first kappa shape index (κ1) is 17.1. The molecule has 1 N–H and O–H groups in total. The maximum Gasteiger partial charge on any atom is 0.322 e. The van der Waals surface area contributed by atoms with E-state index in [1.54, 1.807) is 4.90 Å². The molecule has 3 rings (SSSR count). The van der Waals surface area contributed by atoms with Gasteiger partial charge in [0.15, 0.2) is 0 Å². The van der Waals surface area contributed by atoms with Crippen LogP contribution in [0.4, 0.5) is 6.01 Å². The maximum absolute atomic E-state index is 12.4. The zero-order valence-corrected chi connectivity index (χ0v) is 14.7. The Labute approximate surface area is 146 Å². The predicted octanol–water partition coefficient (Wildman–Crippen LogP) is 2.81. The summed E-state index contributed by atoms with van der Waals surface area (Å²) in [5, 5.41) is 10.5. The van der Waals surface area contributed by atoms with Crippen LogP contribution in [-0.2, 0) is 9.59 Å². The number of rotatable bonds is 4. The van der Waals surface area contributed by atoms with Crippen molar-refractivity contribution in [3.63, 3.8) is 0 Å². The number of carbonyl (C=O) groups excluding carboxylic acids is 2. The van der Waals surface area contributed by atoms with Crippen LogP contribution in [0, 0.1) is 0 Å². The van der Waals surface area contributed by atoms with E-state index in [1.165, 1.54) is 12.5 Å². The van der Waals surface area contributed by atoms with Crippen molar-refractivity contribution in [2.24, 2.45) is 0 Å². The fraction of sp³-hybridized carbons (Fsp3) is 0.444. The second-order valence-corrected chi connectivity index (χ2v) is 6.55. The largest absolute Gasteiger partial charge is 0.403 e. The average molecular weight is 342 g/mol. The van der Waals surface area contributed by atoms with Crippen molar-refractivity contribution in [3.8, 4) is 11.5 Å². The molecule has 1 aromatic heterocycles. The summed E-state index contributed by atoms with van der Waals surface area (Å²) in [6.07, 6.45) is 1.46. The summed E-state index contributed by atoms with van der Waals surface area (Å²) < 4.78 is 5.54. The molecular weight excluding hydrogens is 320 g/mol. The van der Waals surface area contributed by atoms with Gasteiger partial charge in [-0.15, -0.1) is 5.10 Å². The average Bonchev–Trinajstić information content (AvgIpc) is 3.24. The molecule has 1 saturated heterocycles. The summed E-state index contributed by atoms with van der Waals surface area (Å²) >= 11 is 0. The van der Waals surface area contributed by atoms with Crippen LogP contribution in [0.5, 0.6) is 0 Å². The molecule has 1 aliphatic heterocycles. The van der Waals surface area contributed by atoms with Gasteiger partial charge in [-0.05, 0) is 36.5 Å². The molecule has 1 aliphatic rings. The van der Waals surface area contributed by atoms with E-state index in [1.807, 2.05) is 24.3 Å². The van der Waals surface area contributed by atoms with Crippen LogP contribution in [0.2, 0.25) is 0 Å². The van der Waals surface area contributed by atoms with Gasteiger partial charge in [0.05, 0.1) is 0 Å². The molecule has 2 amide bonds. The Balaban J connectivity index is 1.69. The monoisotopic (exact) mass is 342 g/mol. The van der Waals surface area contributed by atoms with Gasteiger partial charge >= 0.3 is 6.01 Å². The fourth-order valence-corrected chi connectivity index (χ4v) is 3.01. The summed E-state index contributed by atoms with van der Waals surface area (Å²) in [6, 6.07) is 7.45. The lowest BCUT2D eigenvalue weighted by molar-refractivity contribution is -0.134. The van der Waals surface area contributed by atoms with Gasteiger partial charge in [-0.2, -0.15) is 0 Å². The summed E-state index contributed by atoms with van der Waals surface area (Å²) in [4.78, 5) is 25.5. The Kier molecular flexibility index (Phi) is 4.83. The van der Waals surface area contributed by atoms with E-state index >= 15 is 0 Å². The highest BCUT2D eigenvalue weighted by atomic mass is 16.4. The lowest BCUT2D eigenvalue weighted by Crippen LogP contribution is -2.42. The zero-order chi connectivity index (χ0) is 18.0. The van der Waals surface area contributed by atoms with Gasteiger partial charge in [0.1, 0.15) is 6.04 Å². The Bertz CT molecular complexity index is 767. The number of amides is 2. The first-order chi connectivity index (χ1) is 12.0. The molecule has 0 radical (unpaired) electrons. The molecule has 1 fully saturated rings. The van der Waals surface area contributed by atoms with E-state index in [2.05, 4.69) is 29.4 Å². The standard InChI is InChI=1S/C18H22N4O3/c1-11(2)13-6-8-14(9-7-13)17-20-21-18(25-17)19-16(24)15-5-4-10-22(15)12(3)23/h6-9,11,15H,4-5,10H2,1-3H3,(H,19,21,24). The molecule has 1 aromatic carbocycles. The van der Waals surface area contributed by atoms with E-state index in [0.717, 1.165) is 12.0 Å². The third-order valence-corrected chi connectivity index (χ3v) is 4.44. The van der Waals surface area contributed by atoms with Crippen LogP contribution < -0.4 is 5.32 Å². The van der Waals surface area contributed by atoms with Crippen molar-refractivity contribution in [1.82, 2.24) is 15.1 Å². The lowest BCUT2D eigenvalue weighted by atomic mass is 10.0. The molecular formula is C18H22N4O3. The normalized spacial score (nSPS) is 17.1. The summed E-state index contributed by atoms with van der Waals surface area (Å²) in [7, 11) is 0.